The van der Waals surface area contributed by atoms with E-state index in [1.165, 1.54) is 4.90 Å². The molecule has 0 spiro atoms. The Bertz CT molecular complexity index is 243. The summed E-state index contributed by atoms with van der Waals surface area (Å²) < 4.78 is 0.636. The number of amides is 2. The quantitative estimate of drug-likeness (QED) is 0.779. The highest BCUT2D eigenvalue weighted by Gasteiger charge is 2.13. The van der Waals surface area contributed by atoms with E-state index in [-0.39, 0.29) is 13.1 Å². The molecule has 0 aliphatic carbocycles. The molecule has 6 heteroatoms. The summed E-state index contributed by atoms with van der Waals surface area (Å²) in [5.74, 6) is -1.03. The van der Waals surface area contributed by atoms with E-state index in [0.717, 1.165) is 0 Å². The molecule has 80 valence electrons. The number of carboxylic acid groups (broad SMARTS) is 1. The fourth-order valence-corrected chi connectivity index (χ4v) is 0.914. The Labute approximate surface area is 90.9 Å². The molecule has 0 aromatic carbocycles. The van der Waals surface area contributed by atoms with Gasteiger partial charge >= 0.3 is 12.0 Å². The van der Waals surface area contributed by atoms with Gasteiger partial charge in [-0.1, -0.05) is 22.5 Å². The van der Waals surface area contributed by atoms with E-state index in [1.807, 2.05) is 0 Å². The number of carbonyl (C=O) groups is 2. The first-order valence-electron chi connectivity index (χ1n) is 4.05. The molecule has 2 amide bonds. The van der Waals surface area contributed by atoms with E-state index in [9.17, 15) is 9.59 Å². The Kier molecular flexibility index (Phi) is 5.94. The fourth-order valence-electron chi connectivity index (χ4n) is 0.774. The van der Waals surface area contributed by atoms with Crippen molar-refractivity contribution in [1.29, 1.82) is 0 Å². The number of nitrogens with one attached hydrogen (secondary N) is 1. The predicted octanol–water partition coefficient (Wildman–Crippen LogP) is 1.01. The van der Waals surface area contributed by atoms with Crippen molar-refractivity contribution in [3.8, 4) is 0 Å². The zero-order chi connectivity index (χ0) is 11.1. The van der Waals surface area contributed by atoms with Crippen molar-refractivity contribution in [2.24, 2.45) is 0 Å². The van der Waals surface area contributed by atoms with Crippen LogP contribution in [0, 0.1) is 0 Å². The lowest BCUT2D eigenvalue weighted by Gasteiger charge is -2.18. The van der Waals surface area contributed by atoms with Gasteiger partial charge in [-0.05, 0) is 6.92 Å². The van der Waals surface area contributed by atoms with E-state index in [2.05, 4.69) is 27.8 Å². The lowest BCUT2D eigenvalue weighted by Crippen LogP contribution is -2.42. The number of carbonyl (C=O) groups excluding carboxylic acids is 1. The second-order valence-electron chi connectivity index (χ2n) is 2.58. The third-order valence-corrected chi connectivity index (χ3v) is 1.71. The standard InChI is InChI=1S/C8H13BrN2O3/c1-3-11(5-7(12)13)8(14)10-4-6(2)9/h2-5H2,1H3,(H,10,14)(H,12,13). The number of carboxylic acids is 1. The van der Waals surface area contributed by atoms with Gasteiger partial charge in [-0.3, -0.25) is 4.79 Å². The number of aliphatic carboxylic acids is 1. The molecule has 0 fully saturated rings. The molecule has 2 N–H and O–H groups in total. The summed E-state index contributed by atoms with van der Waals surface area (Å²) in [5.41, 5.74) is 0. The van der Waals surface area contributed by atoms with Crippen LogP contribution in [0.2, 0.25) is 0 Å². The summed E-state index contributed by atoms with van der Waals surface area (Å²) in [7, 11) is 0. The van der Waals surface area contributed by atoms with Gasteiger partial charge in [-0.25, -0.2) is 4.79 Å². The van der Waals surface area contributed by atoms with E-state index >= 15 is 0 Å². The summed E-state index contributed by atoms with van der Waals surface area (Å²) >= 11 is 3.08. The first kappa shape index (κ1) is 13.0. The highest BCUT2D eigenvalue weighted by molar-refractivity contribution is 9.11. The molecule has 0 aromatic rings. The Hall–Kier alpha value is -1.04. The van der Waals surface area contributed by atoms with Crippen molar-refractivity contribution < 1.29 is 14.7 Å². The van der Waals surface area contributed by atoms with Crippen molar-refractivity contribution in [3.05, 3.63) is 11.1 Å². The molecule has 0 bridgehead atoms. The summed E-state index contributed by atoms with van der Waals surface area (Å²) in [6.07, 6.45) is 0. The van der Waals surface area contributed by atoms with Crippen LogP contribution in [0.4, 0.5) is 4.79 Å². The van der Waals surface area contributed by atoms with Crippen LogP contribution in [-0.4, -0.2) is 41.6 Å². The van der Waals surface area contributed by atoms with Crippen LogP contribution < -0.4 is 5.32 Å². The number of rotatable bonds is 5. The number of halogens is 1. The maximum absolute atomic E-state index is 11.3. The summed E-state index contributed by atoms with van der Waals surface area (Å²) in [6.45, 7) is 5.60. The first-order chi connectivity index (χ1) is 6.47. The van der Waals surface area contributed by atoms with Crippen molar-refractivity contribution in [2.75, 3.05) is 19.6 Å². The molecule has 0 radical (unpaired) electrons. The van der Waals surface area contributed by atoms with Gasteiger partial charge in [0.1, 0.15) is 6.54 Å². The maximum Gasteiger partial charge on any atom is 0.323 e. The van der Waals surface area contributed by atoms with E-state index in [0.29, 0.717) is 11.0 Å². The lowest BCUT2D eigenvalue weighted by atomic mass is 10.5. The zero-order valence-electron chi connectivity index (χ0n) is 7.92. The number of nitrogens with zero attached hydrogens (tertiary/aromatic N) is 1. The van der Waals surface area contributed by atoms with Crippen LogP contribution >= 0.6 is 15.9 Å². The van der Waals surface area contributed by atoms with Gasteiger partial charge in [0.25, 0.3) is 0 Å². The molecule has 0 aromatic heterocycles. The van der Waals surface area contributed by atoms with Crippen LogP contribution in [0.3, 0.4) is 0 Å². The molecule has 0 rings (SSSR count). The Morgan fingerprint density at radius 2 is 2.14 bits per heavy atom. The van der Waals surface area contributed by atoms with Crippen molar-refractivity contribution >= 4 is 27.9 Å². The molecule has 0 saturated heterocycles. The van der Waals surface area contributed by atoms with Crippen LogP contribution in [0.1, 0.15) is 6.92 Å². The van der Waals surface area contributed by atoms with E-state index in [4.69, 9.17) is 5.11 Å². The fraction of sp³-hybridized carbons (Fsp3) is 0.500. The number of likely N-dealkylation sites (N-methyl/N-ethyl adjacent to an activating group) is 1. The third-order valence-electron chi connectivity index (χ3n) is 1.43. The molecular weight excluding hydrogens is 252 g/mol. The highest BCUT2D eigenvalue weighted by Crippen LogP contribution is 1.97. The normalized spacial score (nSPS) is 9.29. The second kappa shape index (κ2) is 6.42. The molecule has 0 saturated carbocycles. The van der Waals surface area contributed by atoms with Gasteiger partial charge in [0.2, 0.25) is 0 Å². The molecule has 0 aliphatic heterocycles. The monoisotopic (exact) mass is 264 g/mol. The van der Waals surface area contributed by atoms with Crippen LogP contribution in [0.25, 0.3) is 0 Å². The van der Waals surface area contributed by atoms with Gasteiger partial charge in [-0.15, -0.1) is 0 Å². The molecule has 0 heterocycles. The smallest absolute Gasteiger partial charge is 0.323 e. The Morgan fingerprint density at radius 1 is 1.57 bits per heavy atom. The minimum atomic E-state index is -1.03. The predicted molar refractivity (Wildman–Crippen MR) is 56.3 cm³/mol. The van der Waals surface area contributed by atoms with Crippen molar-refractivity contribution in [2.45, 2.75) is 6.92 Å². The first-order valence-corrected chi connectivity index (χ1v) is 4.84. The van der Waals surface area contributed by atoms with E-state index in [1.54, 1.807) is 6.92 Å². The highest BCUT2D eigenvalue weighted by atomic mass is 79.9. The third kappa shape index (κ3) is 5.58. The zero-order valence-corrected chi connectivity index (χ0v) is 9.50. The van der Waals surface area contributed by atoms with Crippen molar-refractivity contribution in [1.82, 2.24) is 10.2 Å². The second-order valence-corrected chi connectivity index (χ2v) is 3.71. The molecule has 14 heavy (non-hydrogen) atoms. The molecule has 5 nitrogen and oxygen atoms in total. The Morgan fingerprint density at radius 3 is 2.50 bits per heavy atom. The van der Waals surface area contributed by atoms with Gasteiger partial charge in [-0.2, -0.15) is 0 Å². The average molecular weight is 265 g/mol. The molecular formula is C8H13BrN2O3. The summed E-state index contributed by atoms with van der Waals surface area (Å²) in [4.78, 5) is 22.9. The minimum absolute atomic E-state index is 0.287. The largest absolute Gasteiger partial charge is 0.480 e. The number of hydrogen-bond acceptors (Lipinski definition) is 2. The van der Waals surface area contributed by atoms with Gasteiger partial charge < -0.3 is 15.3 Å². The molecule has 0 aliphatic rings. The van der Waals surface area contributed by atoms with Gasteiger partial charge in [0, 0.05) is 11.0 Å². The van der Waals surface area contributed by atoms with E-state index < -0.39 is 12.0 Å². The number of hydrogen-bond donors (Lipinski definition) is 2. The lowest BCUT2D eigenvalue weighted by molar-refractivity contribution is -0.137. The average Bonchev–Trinajstić information content (AvgIpc) is 2.09. The number of urea groups is 1. The molecule has 0 atom stereocenters. The Balaban J connectivity index is 4.04. The summed E-state index contributed by atoms with van der Waals surface area (Å²) in [6, 6.07) is -0.407. The van der Waals surface area contributed by atoms with Crippen LogP contribution in [0.15, 0.2) is 11.1 Å². The van der Waals surface area contributed by atoms with Crippen molar-refractivity contribution in [3.63, 3.8) is 0 Å². The maximum atomic E-state index is 11.3. The summed E-state index contributed by atoms with van der Waals surface area (Å²) in [5, 5.41) is 11.0. The topological polar surface area (TPSA) is 69.6 Å². The van der Waals surface area contributed by atoms with Gasteiger partial charge in [0.15, 0.2) is 0 Å². The van der Waals surface area contributed by atoms with Gasteiger partial charge in [0.05, 0.1) is 6.54 Å². The van der Waals surface area contributed by atoms with Crippen LogP contribution in [0.5, 0.6) is 0 Å². The van der Waals surface area contributed by atoms with Crippen LogP contribution in [-0.2, 0) is 4.79 Å². The SMILES string of the molecule is C=C(Br)CNC(=O)N(CC)CC(=O)O. The minimum Gasteiger partial charge on any atom is -0.480 e. The molecule has 0 unspecified atom stereocenters.